The van der Waals surface area contributed by atoms with Crippen LogP contribution in [-0.2, 0) is 31.9 Å². The second-order valence-corrected chi connectivity index (χ2v) is 7.21. The highest BCUT2D eigenvalue weighted by atomic mass is 19.4. The Morgan fingerprint density at radius 3 is 2.47 bits per heavy atom. The summed E-state index contributed by atoms with van der Waals surface area (Å²) in [6.45, 7) is 0.701. The van der Waals surface area contributed by atoms with E-state index in [4.69, 9.17) is 0 Å². The number of amides is 1. The molecule has 3 rings (SSSR count). The highest BCUT2D eigenvalue weighted by Gasteiger charge is 2.30. The number of benzene rings is 1. The van der Waals surface area contributed by atoms with Crippen molar-refractivity contribution in [3.8, 4) is 5.75 Å². The van der Waals surface area contributed by atoms with E-state index in [0.717, 1.165) is 10.1 Å². The summed E-state index contributed by atoms with van der Waals surface area (Å²) in [4.78, 5) is 40.5. The maximum Gasteiger partial charge on any atom is 0.573 e. The van der Waals surface area contributed by atoms with Crippen molar-refractivity contribution in [3.63, 3.8) is 0 Å². The fourth-order valence-corrected chi connectivity index (χ4v) is 3.27. The molecule has 3 aromatic rings. The number of rotatable bonds is 8. The molecule has 1 N–H and O–H groups in total. The van der Waals surface area contributed by atoms with Crippen molar-refractivity contribution in [1.82, 2.24) is 24.0 Å². The van der Waals surface area contributed by atoms with Crippen LogP contribution in [0.4, 0.5) is 13.2 Å². The Morgan fingerprint density at radius 1 is 1.12 bits per heavy atom. The van der Waals surface area contributed by atoms with Crippen LogP contribution in [0.5, 0.6) is 5.75 Å². The lowest BCUT2D eigenvalue weighted by Crippen LogP contribution is -2.37. The summed E-state index contributed by atoms with van der Waals surface area (Å²) in [6.07, 6.45) is -2.15. The van der Waals surface area contributed by atoms with Gasteiger partial charge in [0.05, 0.1) is 6.33 Å². The quantitative estimate of drug-likeness (QED) is 0.557. The predicted octanol–water partition coefficient (Wildman–Crippen LogP) is 1.47. The van der Waals surface area contributed by atoms with Crippen molar-refractivity contribution in [2.24, 2.45) is 14.1 Å². The van der Waals surface area contributed by atoms with Gasteiger partial charge in [-0.05, 0) is 30.5 Å². The minimum atomic E-state index is -4.73. The highest BCUT2D eigenvalue weighted by Crippen LogP contribution is 2.22. The SMILES string of the molecule is Cn1c(=O)c2c(ncn2CCCC(=O)NCCc2ccc(OC(F)(F)F)cc2)n(C)c1=O. The number of ether oxygens (including phenoxy) is 1. The second-order valence-electron chi connectivity index (χ2n) is 7.21. The Morgan fingerprint density at radius 2 is 1.81 bits per heavy atom. The molecular formula is C20H22F3N5O4. The van der Waals surface area contributed by atoms with Gasteiger partial charge in [-0.25, -0.2) is 9.78 Å². The van der Waals surface area contributed by atoms with E-state index in [2.05, 4.69) is 15.0 Å². The fraction of sp³-hybridized carbons (Fsp3) is 0.400. The molecule has 0 aliphatic rings. The van der Waals surface area contributed by atoms with Crippen LogP contribution in [0.1, 0.15) is 18.4 Å². The standard InChI is InChI=1S/C20H22F3N5O4/c1-26-17-16(18(30)27(2)19(26)31)28(12-25-17)11-3-4-15(29)24-10-9-13-5-7-14(8-6-13)32-20(21,22)23/h5-8,12H,3-4,9-11H2,1-2H3,(H,24,29). The lowest BCUT2D eigenvalue weighted by molar-refractivity contribution is -0.274. The number of carbonyl (C=O) groups is 1. The highest BCUT2D eigenvalue weighted by molar-refractivity contribution is 5.75. The molecule has 0 fully saturated rings. The molecule has 0 saturated heterocycles. The first-order chi connectivity index (χ1) is 15.1. The van der Waals surface area contributed by atoms with Crippen LogP contribution in [0.25, 0.3) is 11.2 Å². The van der Waals surface area contributed by atoms with E-state index in [9.17, 15) is 27.6 Å². The van der Waals surface area contributed by atoms with Crippen molar-refractivity contribution >= 4 is 17.1 Å². The lowest BCUT2D eigenvalue weighted by atomic mass is 10.1. The Balaban J connectivity index is 1.47. The molecule has 32 heavy (non-hydrogen) atoms. The summed E-state index contributed by atoms with van der Waals surface area (Å²) in [5.41, 5.74) is 0.430. The van der Waals surface area contributed by atoms with Crippen molar-refractivity contribution in [1.29, 1.82) is 0 Å². The zero-order chi connectivity index (χ0) is 23.5. The number of aryl methyl sites for hydroxylation is 2. The Labute approximate surface area is 180 Å². The molecule has 0 spiro atoms. The topological polar surface area (TPSA) is 100 Å². The van der Waals surface area contributed by atoms with Gasteiger partial charge in [-0.1, -0.05) is 12.1 Å². The van der Waals surface area contributed by atoms with Crippen LogP contribution in [0, 0.1) is 0 Å². The molecule has 172 valence electrons. The smallest absolute Gasteiger partial charge is 0.406 e. The van der Waals surface area contributed by atoms with Crippen LogP contribution in [0.15, 0.2) is 40.2 Å². The molecule has 0 unspecified atom stereocenters. The fourth-order valence-electron chi connectivity index (χ4n) is 3.27. The normalized spacial score (nSPS) is 11.7. The molecule has 1 amide bonds. The largest absolute Gasteiger partial charge is 0.573 e. The number of halogens is 3. The molecule has 0 bridgehead atoms. The molecule has 0 radical (unpaired) electrons. The van der Waals surface area contributed by atoms with Crippen molar-refractivity contribution in [2.45, 2.75) is 32.2 Å². The van der Waals surface area contributed by atoms with Gasteiger partial charge < -0.3 is 14.6 Å². The molecule has 2 aromatic heterocycles. The van der Waals surface area contributed by atoms with Gasteiger partial charge in [0.25, 0.3) is 5.56 Å². The summed E-state index contributed by atoms with van der Waals surface area (Å²) in [5.74, 6) is -0.487. The number of fused-ring (bicyclic) bond motifs is 1. The monoisotopic (exact) mass is 453 g/mol. The van der Waals surface area contributed by atoms with E-state index in [1.165, 1.54) is 49.3 Å². The summed E-state index contributed by atoms with van der Waals surface area (Å²) in [7, 11) is 2.93. The van der Waals surface area contributed by atoms with E-state index in [1.807, 2.05) is 0 Å². The van der Waals surface area contributed by atoms with E-state index in [0.29, 0.717) is 31.4 Å². The van der Waals surface area contributed by atoms with Gasteiger partial charge in [-0.3, -0.25) is 18.7 Å². The third-order valence-corrected chi connectivity index (χ3v) is 4.91. The van der Waals surface area contributed by atoms with Crippen molar-refractivity contribution in [2.75, 3.05) is 6.54 Å². The van der Waals surface area contributed by atoms with Crippen molar-refractivity contribution in [3.05, 3.63) is 57.0 Å². The zero-order valence-corrected chi connectivity index (χ0v) is 17.5. The number of nitrogens with zero attached hydrogens (tertiary/aromatic N) is 4. The number of aromatic nitrogens is 4. The van der Waals surface area contributed by atoms with Gasteiger partial charge in [-0.15, -0.1) is 13.2 Å². The number of hydrogen-bond acceptors (Lipinski definition) is 5. The molecular weight excluding hydrogens is 431 g/mol. The summed E-state index contributed by atoms with van der Waals surface area (Å²) in [6, 6.07) is 5.46. The Kier molecular flexibility index (Phi) is 6.70. The summed E-state index contributed by atoms with van der Waals surface area (Å²) < 4.78 is 44.2. The van der Waals surface area contributed by atoms with E-state index in [-0.39, 0.29) is 23.7 Å². The number of imidazole rings is 1. The number of carbonyl (C=O) groups excluding carboxylic acids is 1. The zero-order valence-electron chi connectivity index (χ0n) is 17.5. The van der Waals surface area contributed by atoms with Gasteiger partial charge in [0, 0.05) is 33.6 Å². The Hall–Kier alpha value is -3.57. The van der Waals surface area contributed by atoms with E-state index < -0.39 is 17.6 Å². The van der Waals surface area contributed by atoms with Gasteiger partial charge in [0.15, 0.2) is 11.2 Å². The minimum Gasteiger partial charge on any atom is -0.406 e. The average Bonchev–Trinajstić information content (AvgIpc) is 3.15. The van der Waals surface area contributed by atoms with Crippen molar-refractivity contribution < 1.29 is 22.7 Å². The van der Waals surface area contributed by atoms with Gasteiger partial charge in [0.2, 0.25) is 5.91 Å². The van der Waals surface area contributed by atoms with Gasteiger partial charge >= 0.3 is 12.1 Å². The number of hydrogen-bond donors (Lipinski definition) is 1. The average molecular weight is 453 g/mol. The molecule has 12 heteroatoms. The number of nitrogens with one attached hydrogen (secondary N) is 1. The van der Waals surface area contributed by atoms with Crippen LogP contribution in [0.3, 0.4) is 0 Å². The maximum atomic E-state index is 12.4. The molecule has 0 atom stereocenters. The molecule has 0 aliphatic heterocycles. The first-order valence-electron chi connectivity index (χ1n) is 9.79. The van der Waals surface area contributed by atoms with Gasteiger partial charge in [0.1, 0.15) is 5.75 Å². The minimum absolute atomic E-state index is 0.188. The molecule has 2 heterocycles. The third-order valence-electron chi connectivity index (χ3n) is 4.91. The van der Waals surface area contributed by atoms with Gasteiger partial charge in [-0.2, -0.15) is 0 Å². The summed E-state index contributed by atoms with van der Waals surface area (Å²) >= 11 is 0. The van der Waals surface area contributed by atoms with E-state index in [1.54, 1.807) is 4.57 Å². The lowest BCUT2D eigenvalue weighted by Gasteiger charge is -2.10. The first-order valence-corrected chi connectivity index (χ1v) is 9.79. The number of alkyl halides is 3. The maximum absolute atomic E-state index is 12.4. The van der Waals surface area contributed by atoms with E-state index >= 15 is 0 Å². The summed E-state index contributed by atoms with van der Waals surface area (Å²) in [5, 5.41) is 2.75. The molecule has 0 aliphatic carbocycles. The predicted molar refractivity (Wildman–Crippen MR) is 109 cm³/mol. The molecule has 1 aromatic carbocycles. The third kappa shape index (κ3) is 5.37. The molecule has 9 nitrogen and oxygen atoms in total. The molecule has 0 saturated carbocycles. The van der Waals surface area contributed by atoms with Crippen LogP contribution in [-0.4, -0.2) is 37.5 Å². The van der Waals surface area contributed by atoms with Crippen LogP contribution < -0.4 is 21.3 Å². The Bertz CT molecular complexity index is 1230. The first kappa shape index (κ1) is 23.1. The second kappa shape index (κ2) is 9.28. The van der Waals surface area contributed by atoms with Crippen LogP contribution in [0.2, 0.25) is 0 Å². The van der Waals surface area contributed by atoms with Crippen LogP contribution >= 0.6 is 0 Å².